The quantitative estimate of drug-likeness (QED) is 0.0399. The highest BCUT2D eigenvalue weighted by molar-refractivity contribution is 5.70. The third-order valence-electron chi connectivity index (χ3n) is 8.94. The fourth-order valence-corrected chi connectivity index (χ4v) is 5.78. The molecule has 0 saturated heterocycles. The number of nitrogens with zero attached hydrogens (tertiary/aromatic N) is 1. The first-order valence-electron chi connectivity index (χ1n) is 20.3. The molecule has 284 valence electrons. The molecule has 0 spiro atoms. The Morgan fingerprint density at radius 1 is 0.521 bits per heavy atom. The minimum Gasteiger partial charge on any atom is -0.462 e. The smallest absolute Gasteiger partial charge is 0.407 e. The highest BCUT2D eigenvalue weighted by atomic mass is 16.6. The van der Waals surface area contributed by atoms with Gasteiger partial charge in [-0.1, -0.05) is 168 Å². The molecule has 0 aromatic carbocycles. The first kappa shape index (κ1) is 46.2. The zero-order valence-corrected chi connectivity index (χ0v) is 32.1. The minimum absolute atomic E-state index is 0.0389. The van der Waals surface area contributed by atoms with Gasteiger partial charge in [-0.15, -0.1) is 0 Å². The van der Waals surface area contributed by atoms with Crippen molar-refractivity contribution in [1.82, 2.24) is 10.2 Å². The van der Waals surface area contributed by atoms with Gasteiger partial charge in [0.05, 0.1) is 6.54 Å². The maximum atomic E-state index is 12.6. The molecule has 0 fully saturated rings. The summed E-state index contributed by atoms with van der Waals surface area (Å²) in [6.07, 6.45) is 31.8. The van der Waals surface area contributed by atoms with E-state index in [-0.39, 0.29) is 31.7 Å². The first-order chi connectivity index (χ1) is 23.4. The second-order valence-electron chi connectivity index (χ2n) is 14.1. The largest absolute Gasteiger partial charge is 0.462 e. The number of hydrogen-bond donors (Lipinski definition) is 1. The number of esters is 2. The number of hydrogen-bond acceptors (Lipinski definition) is 7. The molecule has 48 heavy (non-hydrogen) atoms. The molecule has 0 radical (unpaired) electrons. The maximum Gasteiger partial charge on any atom is 0.407 e. The van der Waals surface area contributed by atoms with E-state index in [4.69, 9.17) is 14.2 Å². The summed E-state index contributed by atoms with van der Waals surface area (Å²) in [5.41, 5.74) is 0. The predicted octanol–water partition coefficient (Wildman–Crippen LogP) is 10.7. The molecule has 0 aliphatic rings. The van der Waals surface area contributed by atoms with E-state index < -0.39 is 12.2 Å². The molecule has 0 rings (SSSR count). The molecule has 0 heterocycles. The topological polar surface area (TPSA) is 94.2 Å². The van der Waals surface area contributed by atoms with Crippen molar-refractivity contribution in [3.05, 3.63) is 0 Å². The van der Waals surface area contributed by atoms with Crippen LogP contribution in [0.25, 0.3) is 0 Å². The first-order valence-corrected chi connectivity index (χ1v) is 20.3. The average Bonchev–Trinajstić information content (AvgIpc) is 3.06. The zero-order chi connectivity index (χ0) is 35.3. The van der Waals surface area contributed by atoms with Crippen molar-refractivity contribution >= 4 is 18.0 Å². The number of unbranched alkanes of at least 4 members (excludes halogenated alkanes) is 24. The van der Waals surface area contributed by atoms with Crippen LogP contribution in [0.15, 0.2) is 0 Å². The monoisotopic (exact) mass is 683 g/mol. The van der Waals surface area contributed by atoms with Crippen molar-refractivity contribution in [2.75, 3.05) is 40.4 Å². The lowest BCUT2D eigenvalue weighted by Gasteiger charge is -2.19. The minimum atomic E-state index is -0.739. The van der Waals surface area contributed by atoms with Crippen LogP contribution in [0.2, 0.25) is 0 Å². The fourth-order valence-electron chi connectivity index (χ4n) is 5.78. The van der Waals surface area contributed by atoms with Crippen molar-refractivity contribution in [3.8, 4) is 0 Å². The lowest BCUT2D eigenvalue weighted by atomic mass is 10.0. The van der Waals surface area contributed by atoms with Crippen LogP contribution >= 0.6 is 0 Å². The second kappa shape index (κ2) is 36.5. The molecule has 0 aliphatic carbocycles. The molecule has 0 aromatic heterocycles. The maximum absolute atomic E-state index is 12.6. The van der Waals surface area contributed by atoms with Crippen molar-refractivity contribution in [3.63, 3.8) is 0 Å². The molecule has 8 nitrogen and oxygen atoms in total. The van der Waals surface area contributed by atoms with E-state index in [2.05, 4.69) is 19.2 Å². The Labute approximate surface area is 296 Å². The van der Waals surface area contributed by atoms with E-state index >= 15 is 0 Å². The van der Waals surface area contributed by atoms with Crippen molar-refractivity contribution in [2.45, 2.75) is 200 Å². The Hall–Kier alpha value is -1.83. The lowest BCUT2D eigenvalue weighted by molar-refractivity contribution is -0.158. The average molecular weight is 683 g/mol. The molecule has 0 saturated carbocycles. The van der Waals surface area contributed by atoms with Crippen LogP contribution in [0.1, 0.15) is 194 Å². The van der Waals surface area contributed by atoms with Crippen LogP contribution in [0, 0.1) is 0 Å². The fraction of sp³-hybridized carbons (Fsp3) is 0.925. The van der Waals surface area contributed by atoms with E-state index in [1.54, 1.807) is 0 Å². The molecule has 1 N–H and O–H groups in total. The molecule has 1 atom stereocenters. The molecule has 1 unspecified atom stereocenters. The van der Waals surface area contributed by atoms with Gasteiger partial charge in [-0.2, -0.15) is 0 Å². The van der Waals surface area contributed by atoms with Gasteiger partial charge in [0.2, 0.25) is 0 Å². The van der Waals surface area contributed by atoms with E-state index in [1.165, 1.54) is 128 Å². The standard InChI is InChI=1S/C40H78N2O6/c1-5-7-9-11-13-15-17-19-21-23-25-27-29-31-38(43)47-36-37(35-41-40(45)46-34-33-42(3)4)48-39(44)32-30-28-26-24-22-20-18-16-14-12-10-8-6-2/h37H,5-36H2,1-4H3,(H,41,45). The summed E-state index contributed by atoms with van der Waals surface area (Å²) in [5, 5.41) is 2.65. The van der Waals surface area contributed by atoms with Crippen molar-refractivity contribution in [1.29, 1.82) is 0 Å². The summed E-state index contributed by atoms with van der Waals surface area (Å²) < 4.78 is 16.3. The molecule has 0 aliphatic heterocycles. The van der Waals surface area contributed by atoms with Gasteiger partial charge in [0.1, 0.15) is 13.2 Å². The molecule has 0 bridgehead atoms. The number of nitrogens with one attached hydrogen (secondary N) is 1. The van der Waals surface area contributed by atoms with Crippen LogP contribution in [0.5, 0.6) is 0 Å². The number of likely N-dealkylation sites (N-methyl/N-ethyl adjacent to an activating group) is 1. The van der Waals surface area contributed by atoms with Gasteiger partial charge in [-0.25, -0.2) is 4.79 Å². The molecular weight excluding hydrogens is 604 g/mol. The number of alkyl carbamates (subject to hydrolysis) is 1. The molecule has 1 amide bonds. The highest BCUT2D eigenvalue weighted by Gasteiger charge is 2.18. The summed E-state index contributed by atoms with van der Waals surface area (Å²) >= 11 is 0. The Kier molecular flexibility index (Phi) is 35.1. The number of rotatable bonds is 36. The summed E-state index contributed by atoms with van der Waals surface area (Å²) in [6, 6.07) is 0. The number of carbonyl (C=O) groups is 3. The Balaban J connectivity index is 4.18. The van der Waals surface area contributed by atoms with Gasteiger partial charge < -0.3 is 24.4 Å². The summed E-state index contributed by atoms with van der Waals surface area (Å²) in [7, 11) is 3.81. The summed E-state index contributed by atoms with van der Waals surface area (Å²) in [6.45, 7) is 5.36. The van der Waals surface area contributed by atoms with Crippen LogP contribution in [0.3, 0.4) is 0 Å². The second-order valence-corrected chi connectivity index (χ2v) is 14.1. The van der Waals surface area contributed by atoms with Crippen LogP contribution in [0.4, 0.5) is 4.79 Å². The van der Waals surface area contributed by atoms with Gasteiger partial charge in [0.25, 0.3) is 0 Å². The van der Waals surface area contributed by atoms with E-state index in [0.29, 0.717) is 19.4 Å². The van der Waals surface area contributed by atoms with E-state index in [0.717, 1.165) is 38.5 Å². The zero-order valence-electron chi connectivity index (χ0n) is 32.1. The Morgan fingerprint density at radius 3 is 1.29 bits per heavy atom. The SMILES string of the molecule is CCCCCCCCCCCCCCCC(=O)OCC(CNC(=O)OCCN(C)C)OC(=O)CCCCCCCCCCCCCCC. The number of ether oxygens (including phenoxy) is 3. The van der Waals surface area contributed by atoms with E-state index in [1.807, 2.05) is 19.0 Å². The normalized spacial score (nSPS) is 11.9. The number of amides is 1. The van der Waals surface area contributed by atoms with Crippen molar-refractivity contribution in [2.24, 2.45) is 0 Å². The summed E-state index contributed by atoms with van der Waals surface area (Å²) in [5.74, 6) is -0.609. The third kappa shape index (κ3) is 35.5. The predicted molar refractivity (Wildman–Crippen MR) is 199 cm³/mol. The van der Waals surface area contributed by atoms with Gasteiger partial charge in [0, 0.05) is 19.4 Å². The molecular formula is C40H78N2O6. The Bertz CT molecular complexity index is 733. The van der Waals surface area contributed by atoms with Crippen LogP contribution in [-0.4, -0.2) is 69.4 Å². The van der Waals surface area contributed by atoms with Crippen LogP contribution in [-0.2, 0) is 23.8 Å². The molecule has 8 heteroatoms. The van der Waals surface area contributed by atoms with Gasteiger partial charge in [-0.3, -0.25) is 9.59 Å². The molecule has 0 aromatic rings. The highest BCUT2D eigenvalue weighted by Crippen LogP contribution is 2.15. The third-order valence-corrected chi connectivity index (χ3v) is 8.94. The van der Waals surface area contributed by atoms with Gasteiger partial charge in [-0.05, 0) is 26.9 Å². The van der Waals surface area contributed by atoms with Crippen LogP contribution < -0.4 is 5.32 Å². The van der Waals surface area contributed by atoms with Gasteiger partial charge in [0.15, 0.2) is 6.10 Å². The number of carbonyl (C=O) groups excluding carboxylic acids is 3. The lowest BCUT2D eigenvalue weighted by Crippen LogP contribution is -2.39. The summed E-state index contributed by atoms with van der Waals surface area (Å²) in [4.78, 5) is 39.0. The van der Waals surface area contributed by atoms with Gasteiger partial charge >= 0.3 is 18.0 Å². The van der Waals surface area contributed by atoms with E-state index in [9.17, 15) is 14.4 Å². The Morgan fingerprint density at radius 2 is 0.896 bits per heavy atom. The van der Waals surface area contributed by atoms with Crippen molar-refractivity contribution < 1.29 is 28.6 Å².